The number of carboxylic acid groups (broad SMARTS) is 2. The Hall–Kier alpha value is -4.93. The minimum Gasteiger partial charge on any atom is -0.481 e. The third-order valence-electron chi connectivity index (χ3n) is 6.06. The van der Waals surface area contributed by atoms with Crippen molar-refractivity contribution in [2.45, 2.75) is 69.1 Å². The molecule has 4 atom stereocenters. The summed E-state index contributed by atoms with van der Waals surface area (Å²) in [5.41, 5.74) is 27.7. The van der Waals surface area contributed by atoms with Crippen LogP contribution in [0.25, 0.3) is 0 Å². The molecule has 17 heteroatoms. The van der Waals surface area contributed by atoms with Crippen LogP contribution in [0.5, 0.6) is 0 Å². The summed E-state index contributed by atoms with van der Waals surface area (Å²) < 4.78 is 0. The number of rotatable bonds is 20. The summed E-state index contributed by atoms with van der Waals surface area (Å²) in [5, 5.41) is 26.2. The average molecular weight is 607 g/mol. The summed E-state index contributed by atoms with van der Waals surface area (Å²) in [6.07, 6.45) is 0.00873. The first kappa shape index (κ1) is 36.1. The van der Waals surface area contributed by atoms with Gasteiger partial charge in [-0.1, -0.05) is 30.3 Å². The van der Waals surface area contributed by atoms with Crippen LogP contribution in [0.4, 0.5) is 0 Å². The van der Waals surface area contributed by atoms with E-state index >= 15 is 0 Å². The van der Waals surface area contributed by atoms with Crippen molar-refractivity contribution in [3.63, 3.8) is 0 Å². The van der Waals surface area contributed by atoms with Gasteiger partial charge in [0.15, 0.2) is 11.9 Å². The predicted octanol–water partition coefficient (Wildman–Crippen LogP) is -2.93. The van der Waals surface area contributed by atoms with Gasteiger partial charge in [0.05, 0.1) is 6.04 Å². The summed E-state index contributed by atoms with van der Waals surface area (Å²) in [7, 11) is 0. The molecule has 0 saturated carbocycles. The summed E-state index contributed by atoms with van der Waals surface area (Å²) in [6, 6.07) is 3.64. The number of carbonyl (C=O) groups excluding carboxylic acids is 3. The molecule has 0 aromatic heterocycles. The lowest BCUT2D eigenvalue weighted by atomic mass is 10.0. The Morgan fingerprint density at radius 3 is 1.74 bits per heavy atom. The van der Waals surface area contributed by atoms with Crippen molar-refractivity contribution in [3.8, 4) is 0 Å². The van der Waals surface area contributed by atoms with Crippen LogP contribution in [0.15, 0.2) is 40.3 Å². The van der Waals surface area contributed by atoms with Gasteiger partial charge < -0.3 is 54.8 Å². The monoisotopic (exact) mass is 606 g/mol. The first-order chi connectivity index (χ1) is 20.3. The molecule has 238 valence electrons. The molecule has 0 heterocycles. The highest BCUT2D eigenvalue weighted by Crippen LogP contribution is 2.08. The third-order valence-corrected chi connectivity index (χ3v) is 6.06. The second-order valence-corrected chi connectivity index (χ2v) is 9.65. The maximum Gasteiger partial charge on any atom is 0.326 e. The number of aliphatic imine (C=N–C) groups is 2. The van der Waals surface area contributed by atoms with Crippen LogP contribution in [0.1, 0.15) is 44.1 Å². The molecule has 0 saturated heterocycles. The smallest absolute Gasteiger partial charge is 0.326 e. The third kappa shape index (κ3) is 15.6. The number of amides is 3. The molecule has 1 rings (SSSR count). The Balaban J connectivity index is 3.08. The van der Waals surface area contributed by atoms with E-state index in [1.807, 2.05) is 0 Å². The Labute approximate surface area is 248 Å². The Kier molecular flexibility index (Phi) is 16.1. The number of nitrogens with zero attached hydrogens (tertiary/aromatic N) is 2. The minimum absolute atomic E-state index is 0.00221. The van der Waals surface area contributed by atoms with E-state index in [2.05, 4.69) is 25.9 Å². The number of guanidine groups is 2. The van der Waals surface area contributed by atoms with E-state index in [1.54, 1.807) is 30.3 Å². The number of hydrogen-bond donors (Lipinski definition) is 10. The second-order valence-electron chi connectivity index (χ2n) is 9.65. The van der Waals surface area contributed by atoms with Crippen LogP contribution in [0.2, 0.25) is 0 Å². The lowest BCUT2D eigenvalue weighted by Crippen LogP contribution is -2.57. The molecule has 1 aromatic carbocycles. The number of aliphatic carboxylic acids is 2. The van der Waals surface area contributed by atoms with Crippen molar-refractivity contribution in [1.82, 2.24) is 16.0 Å². The van der Waals surface area contributed by atoms with Crippen molar-refractivity contribution >= 4 is 41.6 Å². The highest BCUT2D eigenvalue weighted by molar-refractivity contribution is 5.94. The van der Waals surface area contributed by atoms with E-state index in [9.17, 15) is 29.1 Å². The molecule has 0 spiro atoms. The number of carboxylic acids is 2. The Bertz CT molecular complexity index is 1140. The molecule has 0 bridgehead atoms. The van der Waals surface area contributed by atoms with Gasteiger partial charge in [-0.15, -0.1) is 0 Å². The number of nitrogens with one attached hydrogen (secondary N) is 3. The molecule has 0 aliphatic carbocycles. The van der Waals surface area contributed by atoms with Crippen LogP contribution in [0.3, 0.4) is 0 Å². The van der Waals surface area contributed by atoms with Crippen LogP contribution in [-0.4, -0.2) is 89.0 Å². The lowest BCUT2D eigenvalue weighted by Gasteiger charge is -2.25. The van der Waals surface area contributed by atoms with Gasteiger partial charge in [0.1, 0.15) is 18.1 Å². The zero-order chi connectivity index (χ0) is 32.4. The fourth-order valence-corrected chi connectivity index (χ4v) is 3.83. The van der Waals surface area contributed by atoms with Gasteiger partial charge in [-0.05, 0) is 37.7 Å². The summed E-state index contributed by atoms with van der Waals surface area (Å²) in [5.74, 6) is -5.15. The number of carbonyl (C=O) groups is 5. The molecule has 3 amide bonds. The van der Waals surface area contributed by atoms with Crippen LogP contribution < -0.4 is 44.6 Å². The van der Waals surface area contributed by atoms with Gasteiger partial charge in [-0.25, -0.2) is 4.79 Å². The zero-order valence-corrected chi connectivity index (χ0v) is 23.8. The molecule has 0 radical (unpaired) electrons. The van der Waals surface area contributed by atoms with Gasteiger partial charge >= 0.3 is 11.9 Å². The summed E-state index contributed by atoms with van der Waals surface area (Å²) in [4.78, 5) is 69.9. The molecule has 17 nitrogen and oxygen atoms in total. The molecular weight excluding hydrogens is 564 g/mol. The average Bonchev–Trinajstić information content (AvgIpc) is 2.94. The fourth-order valence-electron chi connectivity index (χ4n) is 3.83. The van der Waals surface area contributed by atoms with Crippen molar-refractivity contribution in [2.24, 2.45) is 38.7 Å². The van der Waals surface area contributed by atoms with Crippen molar-refractivity contribution in [3.05, 3.63) is 35.9 Å². The second kappa shape index (κ2) is 19.2. The zero-order valence-electron chi connectivity index (χ0n) is 23.8. The van der Waals surface area contributed by atoms with E-state index in [0.29, 0.717) is 12.0 Å². The molecule has 0 aliphatic rings. The summed E-state index contributed by atoms with van der Waals surface area (Å²) >= 11 is 0. The van der Waals surface area contributed by atoms with E-state index in [-0.39, 0.29) is 57.1 Å². The van der Waals surface area contributed by atoms with Gasteiger partial charge in [0.25, 0.3) is 0 Å². The number of nitrogens with two attached hydrogens (primary N) is 5. The van der Waals surface area contributed by atoms with E-state index in [0.717, 1.165) is 0 Å². The van der Waals surface area contributed by atoms with Crippen LogP contribution in [-0.2, 0) is 30.4 Å². The molecular formula is C26H42N10O7. The Morgan fingerprint density at radius 1 is 0.698 bits per heavy atom. The van der Waals surface area contributed by atoms with Gasteiger partial charge in [0.2, 0.25) is 17.7 Å². The number of benzene rings is 1. The lowest BCUT2D eigenvalue weighted by molar-refractivity contribution is -0.142. The maximum absolute atomic E-state index is 13.3. The van der Waals surface area contributed by atoms with Crippen LogP contribution >= 0.6 is 0 Å². The van der Waals surface area contributed by atoms with Crippen molar-refractivity contribution < 1.29 is 34.2 Å². The molecule has 0 fully saturated rings. The Morgan fingerprint density at radius 2 is 1.21 bits per heavy atom. The molecule has 43 heavy (non-hydrogen) atoms. The van der Waals surface area contributed by atoms with E-state index in [4.69, 9.17) is 33.8 Å². The van der Waals surface area contributed by atoms with Crippen molar-refractivity contribution in [1.29, 1.82) is 0 Å². The number of hydrogen-bond acceptors (Lipinski definition) is 8. The van der Waals surface area contributed by atoms with E-state index in [1.165, 1.54) is 0 Å². The standard InChI is InChI=1S/C26H42N10O7/c27-16(8-4-12-32-25(28)29)21(39)34-17(10-11-20(37)38)22(40)36-19(14-15-6-2-1-3-7-15)23(41)35-18(24(42)43)9-5-13-33-26(30)31/h1-3,6-7,16-19H,4-5,8-14,27H2,(H,34,39)(H,35,41)(H,36,40)(H,37,38)(H,42,43)(H4,28,29,32)(H4,30,31,33). The van der Waals surface area contributed by atoms with Gasteiger partial charge in [-0.3, -0.25) is 29.2 Å². The summed E-state index contributed by atoms with van der Waals surface area (Å²) in [6.45, 7) is 0.377. The predicted molar refractivity (Wildman–Crippen MR) is 158 cm³/mol. The topological polar surface area (TPSA) is 317 Å². The highest BCUT2D eigenvalue weighted by atomic mass is 16.4. The fraction of sp³-hybridized carbons (Fsp3) is 0.500. The van der Waals surface area contributed by atoms with Crippen molar-refractivity contribution in [2.75, 3.05) is 13.1 Å². The van der Waals surface area contributed by atoms with Gasteiger partial charge in [-0.2, -0.15) is 0 Å². The quantitative estimate of drug-likeness (QED) is 0.0405. The molecule has 0 aliphatic heterocycles. The van der Waals surface area contributed by atoms with Crippen LogP contribution in [0, 0.1) is 0 Å². The normalized spacial score (nSPS) is 13.3. The van der Waals surface area contributed by atoms with E-state index < -0.39 is 60.2 Å². The largest absolute Gasteiger partial charge is 0.481 e. The minimum atomic E-state index is -1.35. The highest BCUT2D eigenvalue weighted by Gasteiger charge is 2.30. The first-order valence-electron chi connectivity index (χ1n) is 13.6. The molecule has 1 aromatic rings. The molecule has 4 unspecified atom stereocenters. The first-order valence-corrected chi connectivity index (χ1v) is 13.6. The SMILES string of the molecule is NC(N)=NCCCC(N)C(=O)NC(CCC(=O)O)C(=O)NC(Cc1ccccc1)C(=O)NC(CCCN=C(N)N)C(=O)O. The van der Waals surface area contributed by atoms with Gasteiger partial charge in [0, 0.05) is 25.9 Å². The molecule has 15 N–H and O–H groups in total. The maximum atomic E-state index is 13.3.